The van der Waals surface area contributed by atoms with Gasteiger partial charge in [0, 0.05) is 0 Å². The van der Waals surface area contributed by atoms with Gasteiger partial charge in [0.1, 0.15) is 0 Å². The first-order chi connectivity index (χ1) is 3.35. The highest BCUT2D eigenvalue weighted by Crippen LogP contribution is 1.81. The summed E-state index contributed by atoms with van der Waals surface area (Å²) in [7, 11) is 0. The number of hydrogen-bond donors (Lipinski definition) is 0. The lowest BCUT2D eigenvalue weighted by molar-refractivity contribution is 0.321. The Morgan fingerprint density at radius 3 is 0.900 bits per heavy atom. The molecule has 0 aliphatic heterocycles. The molecule has 68 valence electrons. The maximum absolute atomic E-state index is 2.38. The molecule has 0 amide bonds. The van der Waals surface area contributed by atoms with Gasteiger partial charge in [0.05, 0.1) is 0 Å². The van der Waals surface area contributed by atoms with Crippen LogP contribution in [0.3, 0.4) is 0 Å². The topological polar surface area (TPSA) is 3.24 Å². The minimum absolute atomic E-state index is 0. The lowest BCUT2D eigenvalue weighted by Crippen LogP contribution is -2.21. The van der Waals surface area contributed by atoms with Gasteiger partial charge in [-0.25, -0.2) is 0 Å². The second-order valence-electron chi connectivity index (χ2n) is 1.62. The van der Waals surface area contributed by atoms with Gasteiger partial charge in [-0.2, -0.15) is 0 Å². The minimum atomic E-state index is 0. The summed E-state index contributed by atoms with van der Waals surface area (Å²) in [5.74, 6) is 0. The molecule has 0 aromatic carbocycles. The van der Waals surface area contributed by atoms with Crippen LogP contribution >= 0.6 is 37.2 Å². The molecular formula is C6H18Cl3N. The number of halogens is 3. The lowest BCUT2D eigenvalue weighted by Gasteiger charge is -2.13. The molecular weight excluding hydrogens is 192 g/mol. The highest BCUT2D eigenvalue weighted by atomic mass is 35.5. The Morgan fingerprint density at radius 2 is 0.900 bits per heavy atom. The number of nitrogens with zero attached hydrogens (tertiary/aromatic N) is 1. The van der Waals surface area contributed by atoms with Crippen LogP contribution in [0, 0.1) is 0 Å². The Hall–Kier alpha value is 0.830. The SMILES string of the molecule is CCN(CC)CC.Cl.Cl.Cl. The van der Waals surface area contributed by atoms with E-state index in [1.165, 1.54) is 19.6 Å². The molecule has 0 atom stereocenters. The number of rotatable bonds is 3. The van der Waals surface area contributed by atoms with Crippen LogP contribution in [0.2, 0.25) is 0 Å². The second kappa shape index (κ2) is 16.4. The van der Waals surface area contributed by atoms with Gasteiger partial charge in [0.2, 0.25) is 0 Å². The van der Waals surface area contributed by atoms with Gasteiger partial charge in [-0.15, -0.1) is 37.2 Å². The van der Waals surface area contributed by atoms with E-state index in [2.05, 4.69) is 25.7 Å². The molecule has 0 radical (unpaired) electrons. The first-order valence-corrected chi connectivity index (χ1v) is 3.07. The first-order valence-electron chi connectivity index (χ1n) is 3.07. The maximum Gasteiger partial charge on any atom is -0.00474 e. The van der Waals surface area contributed by atoms with Crippen LogP contribution in [0.4, 0.5) is 0 Å². The van der Waals surface area contributed by atoms with Crippen LogP contribution in [-0.4, -0.2) is 24.5 Å². The van der Waals surface area contributed by atoms with Crippen LogP contribution in [0.5, 0.6) is 0 Å². The van der Waals surface area contributed by atoms with Crippen molar-refractivity contribution in [2.75, 3.05) is 19.6 Å². The third-order valence-electron chi connectivity index (χ3n) is 1.34. The van der Waals surface area contributed by atoms with Gasteiger partial charge in [-0.05, 0) is 19.6 Å². The summed E-state index contributed by atoms with van der Waals surface area (Å²) in [6, 6.07) is 0. The predicted octanol–water partition coefficient (Wildman–Crippen LogP) is 2.61. The van der Waals surface area contributed by atoms with Crippen molar-refractivity contribution in [3.63, 3.8) is 0 Å². The van der Waals surface area contributed by atoms with Crippen molar-refractivity contribution >= 4 is 37.2 Å². The van der Waals surface area contributed by atoms with Crippen molar-refractivity contribution < 1.29 is 0 Å². The standard InChI is InChI=1S/C6H15N.3ClH/c1-4-7(5-2)6-3;;;/h4-6H2,1-3H3;3*1H. The first kappa shape index (κ1) is 22.4. The fraction of sp³-hybridized carbons (Fsp3) is 1.00. The smallest absolute Gasteiger partial charge is 0.00474 e. The zero-order chi connectivity index (χ0) is 5.70. The average molecular weight is 211 g/mol. The Kier molecular flexibility index (Phi) is 36.9. The van der Waals surface area contributed by atoms with E-state index < -0.39 is 0 Å². The molecule has 0 unspecified atom stereocenters. The van der Waals surface area contributed by atoms with Gasteiger partial charge in [0.25, 0.3) is 0 Å². The van der Waals surface area contributed by atoms with E-state index in [0.29, 0.717) is 0 Å². The largest absolute Gasteiger partial charge is 0.304 e. The maximum atomic E-state index is 2.38. The number of hydrogen-bond acceptors (Lipinski definition) is 1. The van der Waals surface area contributed by atoms with Gasteiger partial charge in [0.15, 0.2) is 0 Å². The van der Waals surface area contributed by atoms with E-state index in [0.717, 1.165) is 0 Å². The highest BCUT2D eigenvalue weighted by molar-refractivity contribution is 5.86. The van der Waals surface area contributed by atoms with E-state index in [-0.39, 0.29) is 37.2 Å². The van der Waals surface area contributed by atoms with Crippen molar-refractivity contribution in [1.29, 1.82) is 0 Å². The molecule has 0 bridgehead atoms. The van der Waals surface area contributed by atoms with E-state index in [1.54, 1.807) is 0 Å². The molecule has 0 spiro atoms. The van der Waals surface area contributed by atoms with Gasteiger partial charge in [-0.3, -0.25) is 0 Å². The predicted molar refractivity (Wildman–Crippen MR) is 55.2 cm³/mol. The summed E-state index contributed by atoms with van der Waals surface area (Å²) in [5, 5.41) is 0. The van der Waals surface area contributed by atoms with Crippen LogP contribution in [-0.2, 0) is 0 Å². The minimum Gasteiger partial charge on any atom is -0.304 e. The second-order valence-corrected chi connectivity index (χ2v) is 1.62. The Bertz CT molecular complexity index is 34.5. The van der Waals surface area contributed by atoms with Gasteiger partial charge in [-0.1, -0.05) is 20.8 Å². The molecule has 1 nitrogen and oxygen atoms in total. The van der Waals surface area contributed by atoms with Gasteiger partial charge < -0.3 is 4.90 Å². The third kappa shape index (κ3) is 11.6. The molecule has 0 saturated heterocycles. The molecule has 10 heavy (non-hydrogen) atoms. The summed E-state index contributed by atoms with van der Waals surface area (Å²) in [6.07, 6.45) is 0. The fourth-order valence-corrected chi connectivity index (χ4v) is 0.671. The normalized spacial score (nSPS) is 7.20. The van der Waals surface area contributed by atoms with E-state index in [9.17, 15) is 0 Å². The van der Waals surface area contributed by atoms with E-state index in [4.69, 9.17) is 0 Å². The molecule has 0 aromatic rings. The zero-order valence-corrected chi connectivity index (χ0v) is 9.24. The van der Waals surface area contributed by atoms with Crippen LogP contribution in [0.1, 0.15) is 20.8 Å². The summed E-state index contributed by atoms with van der Waals surface area (Å²) in [4.78, 5) is 2.38. The summed E-state index contributed by atoms with van der Waals surface area (Å²) in [5.41, 5.74) is 0. The Balaban J connectivity index is -0.0000000600. The van der Waals surface area contributed by atoms with Crippen molar-refractivity contribution in [3.8, 4) is 0 Å². The van der Waals surface area contributed by atoms with Crippen molar-refractivity contribution in [1.82, 2.24) is 4.90 Å². The average Bonchev–Trinajstić information content (AvgIpc) is 1.72. The molecule has 0 aliphatic carbocycles. The molecule has 0 heterocycles. The van der Waals surface area contributed by atoms with Crippen molar-refractivity contribution in [2.24, 2.45) is 0 Å². The monoisotopic (exact) mass is 209 g/mol. The highest BCUT2D eigenvalue weighted by Gasteiger charge is 1.89. The molecule has 4 heteroatoms. The lowest BCUT2D eigenvalue weighted by atomic mass is 10.5. The fourth-order valence-electron chi connectivity index (χ4n) is 0.671. The Morgan fingerprint density at radius 1 is 0.700 bits per heavy atom. The Labute approximate surface area is 82.8 Å². The van der Waals surface area contributed by atoms with Crippen LogP contribution in [0.15, 0.2) is 0 Å². The van der Waals surface area contributed by atoms with E-state index >= 15 is 0 Å². The van der Waals surface area contributed by atoms with Crippen molar-refractivity contribution in [3.05, 3.63) is 0 Å². The summed E-state index contributed by atoms with van der Waals surface area (Å²) >= 11 is 0. The van der Waals surface area contributed by atoms with Crippen LogP contribution in [0.25, 0.3) is 0 Å². The van der Waals surface area contributed by atoms with Crippen LogP contribution < -0.4 is 0 Å². The zero-order valence-electron chi connectivity index (χ0n) is 6.79. The summed E-state index contributed by atoms with van der Waals surface area (Å²) in [6.45, 7) is 10.1. The molecule has 0 rings (SSSR count). The molecule has 0 N–H and O–H groups in total. The van der Waals surface area contributed by atoms with Gasteiger partial charge >= 0.3 is 0 Å². The molecule has 0 saturated carbocycles. The van der Waals surface area contributed by atoms with Crippen molar-refractivity contribution in [2.45, 2.75) is 20.8 Å². The molecule has 0 aromatic heterocycles. The molecule has 0 fully saturated rings. The summed E-state index contributed by atoms with van der Waals surface area (Å²) < 4.78 is 0. The molecule has 0 aliphatic rings. The third-order valence-corrected chi connectivity index (χ3v) is 1.34. The van der Waals surface area contributed by atoms with E-state index in [1.807, 2.05) is 0 Å². The quantitative estimate of drug-likeness (QED) is 0.692.